The predicted molar refractivity (Wildman–Crippen MR) is 76.9 cm³/mol. The zero-order valence-corrected chi connectivity index (χ0v) is 20.7. The van der Waals surface area contributed by atoms with E-state index in [4.69, 9.17) is 66.0 Å². The molecule has 0 aliphatic heterocycles. The zero-order valence-electron chi connectivity index (χ0n) is 16.5. The summed E-state index contributed by atoms with van der Waals surface area (Å²) in [6.45, 7) is 53.6. The molecule has 0 atom stereocenters. The molecule has 0 bridgehead atoms. The van der Waals surface area contributed by atoms with Crippen LogP contribution in [0.3, 0.4) is 0 Å². The fourth-order valence-corrected chi connectivity index (χ4v) is 0.167. The average molecular weight is 682 g/mol. The second kappa shape index (κ2) is 2160. The van der Waals surface area contributed by atoms with Crippen molar-refractivity contribution in [3.63, 3.8) is 0 Å². The van der Waals surface area contributed by atoms with Gasteiger partial charge in [0.05, 0.1) is 0 Å². The molecular formula is C18H6Co4O14. The van der Waals surface area contributed by atoms with E-state index in [0.717, 1.165) is 0 Å². The van der Waals surface area contributed by atoms with Gasteiger partial charge in [-0.2, -0.15) is 0 Å². The van der Waals surface area contributed by atoms with E-state index in [9.17, 15) is 0 Å². The fourth-order valence-electron chi connectivity index (χ4n) is 0.167. The van der Waals surface area contributed by atoms with Gasteiger partial charge >= 0.3 is 136 Å². The van der Waals surface area contributed by atoms with E-state index in [1.54, 1.807) is 0 Å². The minimum Gasteiger partial charge on any atom is 0 e. The first-order valence-corrected chi connectivity index (χ1v) is 4.54. The maximum Gasteiger partial charge on any atom is 0 e. The molecule has 0 unspecified atom stereocenters. The molecule has 0 amide bonds. The SMILES string of the molecule is OCC#CC#CCO.[C-]#[O+].[C-]#[O+].[C-]#[O+].[C-]#[O+].[C-]#[O+].[C-]#[O+].[C-]#[O+].[C-]#[O+].[C-]#[O+].[C-]#[O+].[C-]#[O+].[C-]#[O+].[Co].[Co].[Co].[Co]. The smallest absolute Gasteiger partial charge is 0 e. The van der Waals surface area contributed by atoms with Crippen LogP contribution in [0, 0.1) is 103 Å². The molecule has 0 spiro atoms. The molecule has 0 aromatic heterocycles. The number of aliphatic hydroxyl groups excluding tert-OH is 2. The van der Waals surface area contributed by atoms with Gasteiger partial charge < -0.3 is 10.2 Å². The van der Waals surface area contributed by atoms with Crippen molar-refractivity contribution in [3.8, 4) is 23.7 Å². The molecule has 0 rings (SSSR count). The molecule has 0 aromatic carbocycles. The molecule has 2 N–H and O–H groups in total. The molecule has 36 heavy (non-hydrogen) atoms. The number of hydrogen-bond acceptors (Lipinski definition) is 2. The minimum absolute atomic E-state index is 0. The molecule has 198 valence electrons. The molecule has 4 radical (unpaired) electrons. The number of rotatable bonds is 0. The summed E-state index contributed by atoms with van der Waals surface area (Å²) in [5.41, 5.74) is 0. The van der Waals surface area contributed by atoms with E-state index in [2.05, 4.69) is 103 Å². The average Bonchev–Trinajstić information content (AvgIpc) is 3.00. The van der Waals surface area contributed by atoms with Crippen LogP contribution in [-0.2, 0) is 123 Å². The molecule has 0 saturated carbocycles. The Bertz CT molecular complexity index is 466. The van der Waals surface area contributed by atoms with Crippen LogP contribution in [0.4, 0.5) is 0 Å². The van der Waals surface area contributed by atoms with Crippen molar-refractivity contribution in [2.45, 2.75) is 0 Å². The summed E-state index contributed by atoms with van der Waals surface area (Å²) in [6.07, 6.45) is 0. The van der Waals surface area contributed by atoms with Gasteiger partial charge in [0, 0.05) is 67.1 Å². The maximum absolute atomic E-state index is 8.06. The Kier molecular flexibility index (Phi) is 7700. The molecular weight excluding hydrogens is 676 g/mol. The number of hydrogen-bond donors (Lipinski definition) is 2. The van der Waals surface area contributed by atoms with E-state index < -0.39 is 0 Å². The van der Waals surface area contributed by atoms with Gasteiger partial charge in [-0.05, 0) is 11.8 Å². The van der Waals surface area contributed by atoms with Crippen LogP contribution in [0.2, 0.25) is 0 Å². The second-order valence-corrected chi connectivity index (χ2v) is 0.920. The van der Waals surface area contributed by atoms with Gasteiger partial charge in [-0.1, -0.05) is 11.8 Å². The molecule has 0 fully saturated rings. The van der Waals surface area contributed by atoms with E-state index in [-0.39, 0.29) is 80.3 Å². The van der Waals surface area contributed by atoms with E-state index >= 15 is 0 Å². The summed E-state index contributed by atoms with van der Waals surface area (Å²) in [5, 5.41) is 16.1. The first kappa shape index (κ1) is 128. The molecule has 0 heterocycles. The summed E-state index contributed by atoms with van der Waals surface area (Å²) in [5.74, 6) is 9.24. The molecule has 0 aliphatic rings. The minimum atomic E-state index is -0.180. The van der Waals surface area contributed by atoms with Gasteiger partial charge in [0.25, 0.3) is 0 Å². The van der Waals surface area contributed by atoms with Crippen molar-refractivity contribution in [1.29, 1.82) is 0 Å². The van der Waals surface area contributed by atoms with Crippen LogP contribution < -0.4 is 0 Å². The third-order valence-corrected chi connectivity index (χ3v) is 0.397. The van der Waals surface area contributed by atoms with Gasteiger partial charge in [-0.15, -0.1) is 0 Å². The van der Waals surface area contributed by atoms with Gasteiger partial charge in [0.15, 0.2) is 0 Å². The Morgan fingerprint density at radius 3 is 0.444 bits per heavy atom. The quantitative estimate of drug-likeness (QED) is 0.176. The van der Waals surface area contributed by atoms with Crippen molar-refractivity contribution in [2.24, 2.45) is 0 Å². The van der Waals surface area contributed by atoms with Gasteiger partial charge in [0.2, 0.25) is 0 Å². The zero-order chi connectivity index (χ0) is 30.2. The van der Waals surface area contributed by atoms with Crippen LogP contribution in [0.5, 0.6) is 0 Å². The summed E-state index contributed by atoms with van der Waals surface area (Å²) in [4.78, 5) is 0. The van der Waals surface area contributed by atoms with Gasteiger partial charge in [-0.25, -0.2) is 0 Å². The molecule has 0 aromatic rings. The van der Waals surface area contributed by atoms with Crippen molar-refractivity contribution in [3.05, 3.63) is 79.8 Å². The molecule has 0 saturated heterocycles. The molecule has 0 aliphatic carbocycles. The Labute approximate surface area is 248 Å². The van der Waals surface area contributed by atoms with Crippen molar-refractivity contribution >= 4 is 0 Å². The summed E-state index contributed by atoms with van der Waals surface area (Å²) in [6, 6.07) is 0. The number of aliphatic hydroxyl groups is 2. The normalized spacial score (nSPS) is 1.94. The van der Waals surface area contributed by atoms with Gasteiger partial charge in [-0.3, -0.25) is 0 Å². The van der Waals surface area contributed by atoms with Crippen LogP contribution >= 0.6 is 0 Å². The summed E-state index contributed by atoms with van der Waals surface area (Å²) in [7, 11) is 0. The Hall–Kier alpha value is -2.05. The van der Waals surface area contributed by atoms with Crippen molar-refractivity contribution in [2.75, 3.05) is 13.2 Å². The standard InChI is InChI=1S/C6H6O2.12CO.4Co/c7-5-3-1-2-4-6-8;12*1-2;;;;/h7-8H,5-6H2;;;;;;;;;;;;;;;;. The molecule has 14 nitrogen and oxygen atoms in total. The summed E-state index contributed by atoms with van der Waals surface area (Å²) < 4.78 is 90.0. The first-order chi connectivity index (χ1) is 15.9. The maximum atomic E-state index is 8.06. The van der Waals surface area contributed by atoms with Gasteiger partial charge in [0.1, 0.15) is 13.2 Å². The Balaban J connectivity index is -0.00000000764. The third kappa shape index (κ3) is 3530. The Morgan fingerprint density at radius 2 is 0.389 bits per heavy atom. The monoisotopic (exact) mass is 682 g/mol. The fraction of sp³-hybridized carbons (Fsp3) is 0.111. The predicted octanol–water partition coefficient (Wildman–Crippen LogP) is -1.48. The van der Waals surface area contributed by atoms with Crippen molar-refractivity contribution < 1.29 is 133 Å². The summed E-state index contributed by atoms with van der Waals surface area (Å²) >= 11 is 0. The van der Waals surface area contributed by atoms with Crippen LogP contribution in [0.25, 0.3) is 0 Å². The second-order valence-electron chi connectivity index (χ2n) is 0.920. The van der Waals surface area contributed by atoms with Crippen molar-refractivity contribution in [1.82, 2.24) is 0 Å². The molecule has 18 heteroatoms. The topological polar surface area (TPSA) is 279 Å². The van der Waals surface area contributed by atoms with E-state index in [1.165, 1.54) is 0 Å². The van der Waals surface area contributed by atoms with Crippen LogP contribution in [0.15, 0.2) is 0 Å². The third-order valence-electron chi connectivity index (χ3n) is 0.397. The first-order valence-electron chi connectivity index (χ1n) is 4.54. The van der Waals surface area contributed by atoms with E-state index in [0.29, 0.717) is 0 Å². The van der Waals surface area contributed by atoms with E-state index in [1.807, 2.05) is 0 Å². The Morgan fingerprint density at radius 1 is 0.306 bits per heavy atom. The largest absolute Gasteiger partial charge is 0 e. The van der Waals surface area contributed by atoms with Crippen LogP contribution in [0.1, 0.15) is 0 Å². The van der Waals surface area contributed by atoms with Crippen LogP contribution in [-0.4, -0.2) is 23.4 Å².